The van der Waals surface area contributed by atoms with Crippen molar-refractivity contribution in [1.29, 1.82) is 0 Å². The summed E-state index contributed by atoms with van der Waals surface area (Å²) in [6.45, 7) is 0. The van der Waals surface area contributed by atoms with Crippen molar-refractivity contribution in [3.8, 4) is 0 Å². The van der Waals surface area contributed by atoms with E-state index in [1.54, 1.807) is 0 Å². The van der Waals surface area contributed by atoms with Crippen LogP contribution in [0.15, 0.2) is 42.5 Å². The molecule has 2 nitrogen and oxygen atoms in total. The van der Waals surface area contributed by atoms with Gasteiger partial charge in [-0.2, -0.15) is 0 Å². The largest absolute Gasteiger partial charge is 0.399 e. The lowest BCUT2D eigenvalue weighted by Crippen LogP contribution is -2.06. The topological polar surface area (TPSA) is 38.0 Å². The van der Waals surface area contributed by atoms with Crippen LogP contribution in [0.2, 0.25) is 0 Å². The average Bonchev–Trinajstić information content (AvgIpc) is 2.42. The minimum Gasteiger partial charge on any atom is -0.399 e. The summed E-state index contributed by atoms with van der Waals surface area (Å²) >= 11 is 0. The highest BCUT2D eigenvalue weighted by molar-refractivity contribution is 5.66. The smallest absolute Gasteiger partial charge is 0.0419 e. The van der Waals surface area contributed by atoms with Gasteiger partial charge in [0.2, 0.25) is 0 Å². The summed E-state index contributed by atoms with van der Waals surface area (Å²) in [7, 11) is 0. The average molecular weight is 238 g/mol. The van der Waals surface area contributed by atoms with E-state index in [4.69, 9.17) is 5.73 Å². The van der Waals surface area contributed by atoms with Crippen LogP contribution < -0.4 is 11.1 Å². The highest BCUT2D eigenvalue weighted by atomic mass is 14.9. The number of hydrogen-bond acceptors (Lipinski definition) is 2. The summed E-state index contributed by atoms with van der Waals surface area (Å²) in [5.74, 6) is 0. The zero-order chi connectivity index (χ0) is 12.4. The van der Waals surface area contributed by atoms with Gasteiger partial charge >= 0.3 is 0 Å². The van der Waals surface area contributed by atoms with Crippen molar-refractivity contribution in [2.75, 3.05) is 11.1 Å². The Kier molecular flexibility index (Phi) is 2.93. The number of hydrogen-bond donors (Lipinski definition) is 2. The normalized spacial score (nSPS) is 14.0. The molecule has 18 heavy (non-hydrogen) atoms. The summed E-state index contributed by atoms with van der Waals surface area (Å²) < 4.78 is 0. The molecule has 0 unspecified atom stereocenters. The van der Waals surface area contributed by atoms with E-state index in [1.165, 1.54) is 42.5 Å². The minimum absolute atomic E-state index is 0.802. The van der Waals surface area contributed by atoms with Crippen LogP contribution in [0.1, 0.15) is 24.0 Å². The zero-order valence-electron chi connectivity index (χ0n) is 10.4. The molecular weight excluding hydrogens is 220 g/mol. The Balaban J connectivity index is 1.90. The second-order valence-electron chi connectivity index (χ2n) is 4.90. The van der Waals surface area contributed by atoms with Crippen molar-refractivity contribution >= 4 is 17.1 Å². The van der Waals surface area contributed by atoms with Crippen molar-refractivity contribution in [3.63, 3.8) is 0 Å². The van der Waals surface area contributed by atoms with Crippen LogP contribution >= 0.6 is 0 Å². The first-order valence-corrected chi connectivity index (χ1v) is 6.56. The molecule has 0 amide bonds. The number of rotatable bonds is 2. The molecule has 0 heterocycles. The third-order valence-corrected chi connectivity index (χ3v) is 3.59. The van der Waals surface area contributed by atoms with Gasteiger partial charge in [-0.05, 0) is 67.1 Å². The Hall–Kier alpha value is -1.96. The maximum absolute atomic E-state index is 5.70. The Morgan fingerprint density at radius 3 is 2.50 bits per heavy atom. The summed E-state index contributed by atoms with van der Waals surface area (Å²) in [4.78, 5) is 0. The van der Waals surface area contributed by atoms with Gasteiger partial charge in [0.25, 0.3) is 0 Å². The molecule has 2 aromatic carbocycles. The van der Waals surface area contributed by atoms with Gasteiger partial charge in [0.1, 0.15) is 0 Å². The first-order chi connectivity index (χ1) is 8.83. The molecule has 0 radical (unpaired) electrons. The summed E-state index contributed by atoms with van der Waals surface area (Å²) in [6, 6.07) is 14.5. The van der Waals surface area contributed by atoms with E-state index in [2.05, 4.69) is 23.5 Å². The second-order valence-corrected chi connectivity index (χ2v) is 4.90. The number of anilines is 3. The number of benzene rings is 2. The number of nitrogen functional groups attached to an aromatic ring is 1. The van der Waals surface area contributed by atoms with Gasteiger partial charge in [0, 0.05) is 17.1 Å². The summed E-state index contributed by atoms with van der Waals surface area (Å²) in [5.41, 5.74) is 11.8. The van der Waals surface area contributed by atoms with Gasteiger partial charge in [-0.15, -0.1) is 0 Å². The van der Waals surface area contributed by atoms with E-state index in [0.29, 0.717) is 0 Å². The second kappa shape index (κ2) is 4.73. The predicted octanol–water partition coefficient (Wildman–Crippen LogP) is 3.89. The number of nitrogens with two attached hydrogens (primary N) is 1. The van der Waals surface area contributed by atoms with Crippen molar-refractivity contribution < 1.29 is 0 Å². The number of nitrogens with one attached hydrogen (secondary N) is 1. The fourth-order valence-corrected chi connectivity index (χ4v) is 2.62. The highest BCUT2D eigenvalue weighted by Crippen LogP contribution is 2.30. The number of aryl methyl sites for hydroxylation is 1. The van der Waals surface area contributed by atoms with E-state index in [9.17, 15) is 0 Å². The highest BCUT2D eigenvalue weighted by Gasteiger charge is 2.12. The first kappa shape index (κ1) is 11.1. The molecule has 3 N–H and O–H groups in total. The Morgan fingerprint density at radius 1 is 0.889 bits per heavy atom. The van der Waals surface area contributed by atoms with Gasteiger partial charge < -0.3 is 11.1 Å². The molecular formula is C16H18N2. The first-order valence-electron chi connectivity index (χ1n) is 6.56. The molecule has 0 saturated carbocycles. The molecule has 0 saturated heterocycles. The fraction of sp³-hybridized carbons (Fsp3) is 0.250. The van der Waals surface area contributed by atoms with Crippen LogP contribution in [0.4, 0.5) is 17.1 Å². The lowest BCUT2D eigenvalue weighted by atomic mass is 9.90. The SMILES string of the molecule is Nc1ccc(Nc2cccc3c2CCCC3)cc1. The van der Waals surface area contributed by atoms with Crippen LogP contribution in [0.25, 0.3) is 0 Å². The zero-order valence-corrected chi connectivity index (χ0v) is 10.4. The third kappa shape index (κ3) is 2.19. The van der Waals surface area contributed by atoms with Crippen molar-refractivity contribution in [1.82, 2.24) is 0 Å². The van der Waals surface area contributed by atoms with E-state index in [-0.39, 0.29) is 0 Å². The molecule has 0 aromatic heterocycles. The van der Waals surface area contributed by atoms with E-state index in [0.717, 1.165) is 11.4 Å². The molecule has 92 valence electrons. The molecule has 1 aliphatic rings. The standard InChI is InChI=1S/C16H18N2/c17-13-8-10-14(11-9-13)18-16-7-3-5-12-4-1-2-6-15(12)16/h3,5,7-11,18H,1-2,4,6,17H2. The predicted molar refractivity (Wildman–Crippen MR) is 77.2 cm³/mol. The van der Waals surface area contributed by atoms with Crippen molar-refractivity contribution in [2.45, 2.75) is 25.7 Å². The van der Waals surface area contributed by atoms with E-state index < -0.39 is 0 Å². The summed E-state index contributed by atoms with van der Waals surface area (Å²) in [5, 5.41) is 3.50. The Labute approximate surface area is 108 Å². The van der Waals surface area contributed by atoms with Gasteiger partial charge in [-0.3, -0.25) is 0 Å². The lowest BCUT2D eigenvalue weighted by Gasteiger charge is -2.20. The van der Waals surface area contributed by atoms with Crippen LogP contribution in [0.3, 0.4) is 0 Å². The quantitative estimate of drug-likeness (QED) is 0.779. The Bertz CT molecular complexity index is 544. The Morgan fingerprint density at radius 2 is 1.67 bits per heavy atom. The van der Waals surface area contributed by atoms with Gasteiger partial charge in [-0.25, -0.2) is 0 Å². The molecule has 0 atom stereocenters. The third-order valence-electron chi connectivity index (χ3n) is 3.59. The maximum Gasteiger partial charge on any atom is 0.0419 e. The monoisotopic (exact) mass is 238 g/mol. The van der Waals surface area contributed by atoms with Gasteiger partial charge in [0.05, 0.1) is 0 Å². The number of fused-ring (bicyclic) bond motifs is 1. The van der Waals surface area contributed by atoms with Crippen molar-refractivity contribution in [3.05, 3.63) is 53.6 Å². The van der Waals surface area contributed by atoms with E-state index >= 15 is 0 Å². The molecule has 2 aromatic rings. The molecule has 0 fully saturated rings. The maximum atomic E-state index is 5.70. The van der Waals surface area contributed by atoms with Crippen LogP contribution in [-0.2, 0) is 12.8 Å². The van der Waals surface area contributed by atoms with Crippen molar-refractivity contribution in [2.24, 2.45) is 0 Å². The minimum atomic E-state index is 0.802. The molecule has 0 spiro atoms. The van der Waals surface area contributed by atoms with Crippen LogP contribution in [0, 0.1) is 0 Å². The molecule has 2 heteroatoms. The van der Waals surface area contributed by atoms with Crippen LogP contribution in [-0.4, -0.2) is 0 Å². The molecule has 3 rings (SSSR count). The fourth-order valence-electron chi connectivity index (χ4n) is 2.62. The van der Waals surface area contributed by atoms with E-state index in [1.807, 2.05) is 24.3 Å². The van der Waals surface area contributed by atoms with Gasteiger partial charge in [0.15, 0.2) is 0 Å². The molecule has 1 aliphatic carbocycles. The summed E-state index contributed by atoms with van der Waals surface area (Å²) in [6.07, 6.45) is 5.02. The molecule has 0 aliphatic heterocycles. The van der Waals surface area contributed by atoms with Gasteiger partial charge in [-0.1, -0.05) is 12.1 Å². The lowest BCUT2D eigenvalue weighted by molar-refractivity contribution is 0.687. The molecule has 0 bridgehead atoms. The van der Waals surface area contributed by atoms with Crippen LogP contribution in [0.5, 0.6) is 0 Å².